The van der Waals surface area contributed by atoms with E-state index in [0.29, 0.717) is 29.0 Å². The van der Waals surface area contributed by atoms with E-state index in [1.165, 1.54) is 15.9 Å². The summed E-state index contributed by atoms with van der Waals surface area (Å²) in [6, 6.07) is -0.890. The largest absolute Gasteiger partial charge is 0.480 e. The summed E-state index contributed by atoms with van der Waals surface area (Å²) in [6.07, 6.45) is 0.338. The van der Waals surface area contributed by atoms with Gasteiger partial charge in [0.2, 0.25) is 0 Å². The van der Waals surface area contributed by atoms with Crippen molar-refractivity contribution in [1.29, 1.82) is 0 Å². The number of aryl methyl sites for hydroxylation is 2. The summed E-state index contributed by atoms with van der Waals surface area (Å²) in [5.74, 6) is -0.506. The Balaban J connectivity index is 2.84. The van der Waals surface area contributed by atoms with Gasteiger partial charge >= 0.3 is 5.97 Å². The molecule has 6 nitrogen and oxygen atoms in total. The zero-order valence-electron chi connectivity index (χ0n) is 13.5. The number of carboxylic acids is 1. The van der Waals surface area contributed by atoms with E-state index in [0.717, 1.165) is 10.4 Å². The fraction of sp³-hybridized carbons (Fsp3) is 0.533. The number of nitrogens with zero attached hydrogens (tertiary/aromatic N) is 3. The molecule has 0 fully saturated rings. The second-order valence-corrected chi connectivity index (χ2v) is 6.87. The number of carboxylic acid groups (broad SMARTS) is 1. The number of aliphatic carboxylic acids is 1. The molecule has 0 spiro atoms. The monoisotopic (exact) mass is 323 g/mol. The number of carbonyl (C=O) groups is 1. The van der Waals surface area contributed by atoms with E-state index in [4.69, 9.17) is 0 Å². The Morgan fingerprint density at radius 1 is 1.41 bits per heavy atom. The van der Waals surface area contributed by atoms with Crippen LogP contribution in [-0.4, -0.2) is 39.6 Å². The molecular weight excluding hydrogens is 302 g/mol. The molecule has 0 amide bonds. The van der Waals surface area contributed by atoms with E-state index in [2.05, 4.69) is 4.98 Å². The Kier molecular flexibility index (Phi) is 4.67. The molecule has 2 aromatic heterocycles. The van der Waals surface area contributed by atoms with Crippen LogP contribution < -0.4 is 5.56 Å². The number of hydrogen-bond donors (Lipinski definition) is 1. The Morgan fingerprint density at radius 3 is 2.55 bits per heavy atom. The fourth-order valence-electron chi connectivity index (χ4n) is 2.53. The van der Waals surface area contributed by atoms with Gasteiger partial charge in [0.05, 0.1) is 11.9 Å². The first-order valence-electron chi connectivity index (χ1n) is 7.16. The van der Waals surface area contributed by atoms with E-state index in [-0.39, 0.29) is 5.56 Å². The highest BCUT2D eigenvalue weighted by atomic mass is 32.1. The molecule has 0 aliphatic heterocycles. The molecule has 0 aromatic carbocycles. The normalized spacial score (nSPS) is 13.0. The van der Waals surface area contributed by atoms with Gasteiger partial charge in [-0.25, -0.2) is 9.78 Å². The second-order valence-electron chi connectivity index (χ2n) is 5.67. The first kappa shape index (κ1) is 16.6. The topological polar surface area (TPSA) is 75.4 Å². The third-order valence-electron chi connectivity index (χ3n) is 3.75. The third-order valence-corrected chi connectivity index (χ3v) is 4.85. The zero-order valence-corrected chi connectivity index (χ0v) is 14.3. The minimum atomic E-state index is -1.00. The molecule has 0 saturated carbocycles. The van der Waals surface area contributed by atoms with Crippen LogP contribution in [0.1, 0.15) is 35.7 Å². The molecule has 2 heterocycles. The lowest BCUT2D eigenvalue weighted by atomic mass is 10.2. The Labute approximate surface area is 133 Å². The van der Waals surface area contributed by atoms with Crippen molar-refractivity contribution in [2.45, 2.75) is 39.8 Å². The predicted octanol–water partition coefficient (Wildman–Crippen LogP) is 2.17. The highest BCUT2D eigenvalue weighted by Gasteiger charge is 2.25. The van der Waals surface area contributed by atoms with Crippen molar-refractivity contribution < 1.29 is 9.90 Å². The van der Waals surface area contributed by atoms with Crippen molar-refractivity contribution in [2.24, 2.45) is 0 Å². The van der Waals surface area contributed by atoms with E-state index in [9.17, 15) is 14.7 Å². The second kappa shape index (κ2) is 6.18. The summed E-state index contributed by atoms with van der Waals surface area (Å²) in [7, 11) is 3.74. The zero-order chi connectivity index (χ0) is 16.6. The van der Waals surface area contributed by atoms with Crippen molar-refractivity contribution in [2.75, 3.05) is 14.1 Å². The quantitative estimate of drug-likeness (QED) is 0.912. The molecule has 0 saturated heterocycles. The molecule has 0 aliphatic carbocycles. The molecule has 2 aromatic rings. The number of aromatic nitrogens is 2. The van der Waals surface area contributed by atoms with Gasteiger partial charge in [0.25, 0.3) is 5.56 Å². The lowest BCUT2D eigenvalue weighted by molar-refractivity contribution is -0.141. The maximum Gasteiger partial charge on any atom is 0.326 e. The molecule has 1 unspecified atom stereocenters. The van der Waals surface area contributed by atoms with Gasteiger partial charge in [-0.15, -0.1) is 11.3 Å². The van der Waals surface area contributed by atoms with Gasteiger partial charge in [-0.05, 0) is 39.9 Å². The third kappa shape index (κ3) is 2.78. The van der Waals surface area contributed by atoms with Gasteiger partial charge in [0, 0.05) is 4.88 Å². The van der Waals surface area contributed by atoms with Crippen molar-refractivity contribution >= 4 is 27.5 Å². The van der Waals surface area contributed by atoms with Crippen LogP contribution in [0.25, 0.3) is 10.2 Å². The smallest absolute Gasteiger partial charge is 0.326 e. The van der Waals surface area contributed by atoms with Crippen LogP contribution in [0.2, 0.25) is 0 Å². The maximum atomic E-state index is 12.9. The van der Waals surface area contributed by atoms with Crippen LogP contribution in [0, 0.1) is 13.8 Å². The number of thiophene rings is 1. The molecule has 2 rings (SSSR count). The Bertz CT molecular complexity index is 776. The average molecular weight is 323 g/mol. The van der Waals surface area contributed by atoms with Crippen molar-refractivity contribution in [3.8, 4) is 0 Å². The van der Waals surface area contributed by atoms with Gasteiger partial charge in [-0.2, -0.15) is 0 Å². The first-order chi connectivity index (χ1) is 10.3. The van der Waals surface area contributed by atoms with Gasteiger partial charge < -0.3 is 10.0 Å². The Morgan fingerprint density at radius 2 is 2.05 bits per heavy atom. The molecular formula is C15H21N3O3S. The van der Waals surface area contributed by atoms with Gasteiger partial charge in [-0.1, -0.05) is 6.92 Å². The summed E-state index contributed by atoms with van der Waals surface area (Å²) in [6.45, 7) is 6.02. The van der Waals surface area contributed by atoms with Crippen LogP contribution in [-0.2, 0) is 11.3 Å². The van der Waals surface area contributed by atoms with E-state index < -0.39 is 12.0 Å². The van der Waals surface area contributed by atoms with E-state index in [1.54, 1.807) is 6.92 Å². The minimum Gasteiger partial charge on any atom is -0.480 e. The molecule has 1 N–H and O–H groups in total. The molecule has 7 heteroatoms. The predicted molar refractivity (Wildman–Crippen MR) is 87.7 cm³/mol. The first-order valence-corrected chi connectivity index (χ1v) is 7.98. The summed E-state index contributed by atoms with van der Waals surface area (Å²) in [4.78, 5) is 32.7. The highest BCUT2D eigenvalue weighted by Crippen LogP contribution is 2.27. The van der Waals surface area contributed by atoms with E-state index in [1.807, 2.05) is 32.8 Å². The SMILES string of the molecule is CCC(C(=O)O)n1c(CN(C)C)nc2sc(C)c(C)c2c1=O. The summed E-state index contributed by atoms with van der Waals surface area (Å²) < 4.78 is 1.35. The lowest BCUT2D eigenvalue weighted by Crippen LogP contribution is -2.34. The van der Waals surface area contributed by atoms with Crippen LogP contribution in [0.15, 0.2) is 4.79 Å². The van der Waals surface area contributed by atoms with Crippen LogP contribution in [0.4, 0.5) is 0 Å². The Hall–Kier alpha value is -1.73. The standard InChI is InChI=1S/C15H21N3O3S/c1-6-10(15(20)21)18-11(7-17(4)5)16-13-12(14(18)19)8(2)9(3)22-13/h10H,6-7H2,1-5H3,(H,20,21). The lowest BCUT2D eigenvalue weighted by Gasteiger charge is -2.20. The van der Waals surface area contributed by atoms with Gasteiger partial charge in [-0.3, -0.25) is 9.36 Å². The molecule has 120 valence electrons. The van der Waals surface area contributed by atoms with Crippen LogP contribution in [0.5, 0.6) is 0 Å². The fourth-order valence-corrected chi connectivity index (χ4v) is 3.57. The van der Waals surface area contributed by atoms with Crippen LogP contribution >= 0.6 is 11.3 Å². The van der Waals surface area contributed by atoms with Crippen molar-refractivity contribution in [3.05, 3.63) is 26.6 Å². The van der Waals surface area contributed by atoms with Crippen molar-refractivity contribution in [1.82, 2.24) is 14.5 Å². The number of fused-ring (bicyclic) bond motifs is 1. The molecule has 0 aliphatic rings. The molecule has 1 atom stereocenters. The highest BCUT2D eigenvalue weighted by molar-refractivity contribution is 7.18. The van der Waals surface area contributed by atoms with E-state index >= 15 is 0 Å². The molecule has 0 radical (unpaired) electrons. The molecule has 0 bridgehead atoms. The average Bonchev–Trinajstić information content (AvgIpc) is 2.68. The summed E-state index contributed by atoms with van der Waals surface area (Å²) in [5, 5.41) is 10.0. The maximum absolute atomic E-state index is 12.9. The molecule has 22 heavy (non-hydrogen) atoms. The van der Waals surface area contributed by atoms with Gasteiger partial charge in [0.1, 0.15) is 16.7 Å². The number of rotatable bonds is 5. The summed E-state index contributed by atoms with van der Waals surface area (Å²) in [5.41, 5.74) is 0.640. The van der Waals surface area contributed by atoms with Crippen LogP contribution in [0.3, 0.4) is 0 Å². The number of hydrogen-bond acceptors (Lipinski definition) is 5. The summed E-state index contributed by atoms with van der Waals surface area (Å²) >= 11 is 1.48. The van der Waals surface area contributed by atoms with Crippen molar-refractivity contribution in [3.63, 3.8) is 0 Å². The van der Waals surface area contributed by atoms with Gasteiger partial charge in [0.15, 0.2) is 0 Å². The minimum absolute atomic E-state index is 0.252.